The number of aromatic nitrogens is 2. The summed E-state index contributed by atoms with van der Waals surface area (Å²) < 4.78 is 18.4. The molecular weight excluding hydrogens is 349 g/mol. The van der Waals surface area contributed by atoms with Crippen LogP contribution >= 0.6 is 0 Å². The van der Waals surface area contributed by atoms with E-state index in [1.165, 1.54) is 12.1 Å². The minimum absolute atomic E-state index is 0.252. The summed E-state index contributed by atoms with van der Waals surface area (Å²) in [7, 11) is 0. The maximum atomic E-state index is 13.0. The lowest BCUT2D eigenvalue weighted by molar-refractivity contribution is -0.131. The van der Waals surface area contributed by atoms with Gasteiger partial charge in [-0.05, 0) is 37.1 Å². The molecule has 144 valence electrons. The number of nitrogens with zero attached hydrogens (tertiary/aromatic N) is 5. The van der Waals surface area contributed by atoms with Gasteiger partial charge >= 0.3 is 0 Å². The molecule has 0 spiro atoms. The SMILES string of the molecule is O=C(CN1CCN(Cc2nc(-c3ccc(F)cc3)no2)CC1)N1CCCC1. The minimum Gasteiger partial charge on any atom is -0.342 e. The number of benzene rings is 1. The Morgan fingerprint density at radius 2 is 1.67 bits per heavy atom. The molecule has 2 fully saturated rings. The van der Waals surface area contributed by atoms with Crippen LogP contribution in [0.1, 0.15) is 18.7 Å². The first-order valence-electron chi connectivity index (χ1n) is 9.48. The third-order valence-corrected chi connectivity index (χ3v) is 5.21. The molecule has 0 unspecified atom stereocenters. The van der Waals surface area contributed by atoms with Gasteiger partial charge in [-0.3, -0.25) is 14.6 Å². The van der Waals surface area contributed by atoms with Gasteiger partial charge in [-0.2, -0.15) is 4.98 Å². The smallest absolute Gasteiger partial charge is 0.241 e. The van der Waals surface area contributed by atoms with Crippen LogP contribution in [-0.4, -0.2) is 76.6 Å². The van der Waals surface area contributed by atoms with Gasteiger partial charge in [0.15, 0.2) is 0 Å². The number of carbonyl (C=O) groups excluding carboxylic acids is 1. The maximum Gasteiger partial charge on any atom is 0.241 e. The van der Waals surface area contributed by atoms with E-state index in [9.17, 15) is 9.18 Å². The van der Waals surface area contributed by atoms with Crippen LogP contribution in [0, 0.1) is 5.82 Å². The Morgan fingerprint density at radius 3 is 2.37 bits per heavy atom. The van der Waals surface area contributed by atoms with Gasteiger partial charge in [0.05, 0.1) is 13.1 Å². The fourth-order valence-corrected chi connectivity index (χ4v) is 3.59. The minimum atomic E-state index is -0.288. The monoisotopic (exact) mass is 373 g/mol. The molecule has 27 heavy (non-hydrogen) atoms. The fraction of sp³-hybridized carbons (Fsp3) is 0.526. The predicted octanol–water partition coefficient (Wildman–Crippen LogP) is 1.62. The second-order valence-electron chi connectivity index (χ2n) is 7.16. The molecule has 0 bridgehead atoms. The molecule has 0 radical (unpaired) electrons. The Bertz CT molecular complexity index is 765. The van der Waals surface area contributed by atoms with E-state index in [0.29, 0.717) is 24.8 Å². The van der Waals surface area contributed by atoms with Crippen LogP contribution in [0.3, 0.4) is 0 Å². The lowest BCUT2D eigenvalue weighted by atomic mass is 10.2. The van der Waals surface area contributed by atoms with Gasteiger partial charge in [0, 0.05) is 44.8 Å². The number of rotatable bonds is 5. The van der Waals surface area contributed by atoms with E-state index in [0.717, 1.165) is 57.7 Å². The van der Waals surface area contributed by atoms with Gasteiger partial charge in [0.2, 0.25) is 17.6 Å². The molecule has 2 saturated heterocycles. The topological polar surface area (TPSA) is 65.7 Å². The fourth-order valence-electron chi connectivity index (χ4n) is 3.59. The summed E-state index contributed by atoms with van der Waals surface area (Å²) in [5.41, 5.74) is 0.733. The Labute approximate surface area is 157 Å². The summed E-state index contributed by atoms with van der Waals surface area (Å²) in [6.07, 6.45) is 2.26. The summed E-state index contributed by atoms with van der Waals surface area (Å²) in [5.74, 6) is 0.987. The van der Waals surface area contributed by atoms with Crippen molar-refractivity contribution in [3.8, 4) is 11.4 Å². The molecule has 4 rings (SSSR count). The Kier molecular flexibility index (Phi) is 5.45. The van der Waals surface area contributed by atoms with Gasteiger partial charge in [-0.15, -0.1) is 0 Å². The van der Waals surface area contributed by atoms with Gasteiger partial charge in [0.25, 0.3) is 0 Å². The molecule has 1 amide bonds. The van der Waals surface area contributed by atoms with Crippen LogP contribution < -0.4 is 0 Å². The summed E-state index contributed by atoms with van der Waals surface area (Å²) in [6.45, 7) is 6.37. The van der Waals surface area contributed by atoms with Crippen molar-refractivity contribution in [3.63, 3.8) is 0 Å². The lowest BCUT2D eigenvalue weighted by Crippen LogP contribution is -2.49. The number of amides is 1. The summed E-state index contributed by atoms with van der Waals surface area (Å²) >= 11 is 0. The van der Waals surface area contributed by atoms with Crippen molar-refractivity contribution in [3.05, 3.63) is 36.0 Å². The normalized spacial score (nSPS) is 18.9. The first kappa shape index (κ1) is 18.1. The first-order chi connectivity index (χ1) is 13.2. The molecule has 1 aromatic carbocycles. The van der Waals surface area contributed by atoms with E-state index in [1.54, 1.807) is 12.1 Å². The molecule has 2 aliphatic heterocycles. The highest BCUT2D eigenvalue weighted by Gasteiger charge is 2.24. The zero-order chi connectivity index (χ0) is 18.6. The molecule has 1 aromatic heterocycles. The van der Waals surface area contributed by atoms with Crippen molar-refractivity contribution in [1.29, 1.82) is 0 Å². The van der Waals surface area contributed by atoms with E-state index in [-0.39, 0.29) is 11.7 Å². The number of halogens is 1. The maximum absolute atomic E-state index is 13.0. The second-order valence-corrected chi connectivity index (χ2v) is 7.16. The highest BCUT2D eigenvalue weighted by Crippen LogP contribution is 2.17. The number of hydrogen-bond donors (Lipinski definition) is 0. The third-order valence-electron chi connectivity index (χ3n) is 5.21. The van der Waals surface area contributed by atoms with E-state index < -0.39 is 0 Å². The zero-order valence-electron chi connectivity index (χ0n) is 15.3. The molecule has 7 nitrogen and oxygen atoms in total. The van der Waals surface area contributed by atoms with Gasteiger partial charge in [-0.1, -0.05) is 5.16 Å². The lowest BCUT2D eigenvalue weighted by Gasteiger charge is -2.34. The van der Waals surface area contributed by atoms with E-state index in [4.69, 9.17) is 4.52 Å². The van der Waals surface area contributed by atoms with Gasteiger partial charge in [0.1, 0.15) is 5.82 Å². The molecule has 3 heterocycles. The van der Waals surface area contributed by atoms with Crippen LogP contribution in [0.5, 0.6) is 0 Å². The number of carbonyl (C=O) groups is 1. The third kappa shape index (κ3) is 4.51. The van der Waals surface area contributed by atoms with E-state index >= 15 is 0 Å². The Balaban J connectivity index is 1.26. The molecule has 8 heteroatoms. The number of likely N-dealkylation sites (tertiary alicyclic amines) is 1. The van der Waals surface area contributed by atoms with Crippen LogP contribution in [0.2, 0.25) is 0 Å². The highest BCUT2D eigenvalue weighted by atomic mass is 19.1. The Morgan fingerprint density at radius 1 is 1.00 bits per heavy atom. The van der Waals surface area contributed by atoms with Crippen LogP contribution in [0.25, 0.3) is 11.4 Å². The molecular formula is C19H24FN5O2. The van der Waals surface area contributed by atoms with Crippen LogP contribution in [0.15, 0.2) is 28.8 Å². The van der Waals surface area contributed by atoms with Crippen molar-refractivity contribution in [2.45, 2.75) is 19.4 Å². The summed E-state index contributed by atoms with van der Waals surface area (Å²) in [6, 6.07) is 6.04. The molecule has 0 N–H and O–H groups in total. The molecule has 0 saturated carbocycles. The van der Waals surface area contributed by atoms with Crippen molar-refractivity contribution in [1.82, 2.24) is 24.8 Å². The van der Waals surface area contributed by atoms with Gasteiger partial charge in [-0.25, -0.2) is 4.39 Å². The average Bonchev–Trinajstić information content (AvgIpc) is 3.36. The molecule has 2 aliphatic rings. The van der Waals surface area contributed by atoms with Crippen molar-refractivity contribution < 1.29 is 13.7 Å². The van der Waals surface area contributed by atoms with Crippen molar-refractivity contribution in [2.75, 3.05) is 45.8 Å². The second kappa shape index (κ2) is 8.14. The van der Waals surface area contributed by atoms with Gasteiger partial charge < -0.3 is 9.42 Å². The zero-order valence-corrected chi connectivity index (χ0v) is 15.3. The standard InChI is InChI=1S/C19H24FN5O2/c20-16-5-3-15(4-6-16)19-21-17(27-22-19)13-23-9-11-24(12-10-23)14-18(26)25-7-1-2-8-25/h3-6H,1-2,7-14H2. The Hall–Kier alpha value is -2.32. The molecule has 0 aliphatic carbocycles. The van der Waals surface area contributed by atoms with Crippen LogP contribution in [-0.2, 0) is 11.3 Å². The highest BCUT2D eigenvalue weighted by molar-refractivity contribution is 5.78. The molecule has 2 aromatic rings. The van der Waals surface area contributed by atoms with Crippen LogP contribution in [0.4, 0.5) is 4.39 Å². The summed E-state index contributed by atoms with van der Waals surface area (Å²) in [5, 5.41) is 3.98. The predicted molar refractivity (Wildman–Crippen MR) is 97.2 cm³/mol. The average molecular weight is 373 g/mol. The number of piperazine rings is 1. The van der Waals surface area contributed by atoms with Crippen molar-refractivity contribution >= 4 is 5.91 Å². The van der Waals surface area contributed by atoms with E-state index in [2.05, 4.69) is 19.9 Å². The number of hydrogen-bond acceptors (Lipinski definition) is 6. The molecule has 0 atom stereocenters. The summed E-state index contributed by atoms with van der Waals surface area (Å²) in [4.78, 5) is 23.1. The van der Waals surface area contributed by atoms with Crippen molar-refractivity contribution in [2.24, 2.45) is 0 Å². The largest absolute Gasteiger partial charge is 0.342 e. The first-order valence-corrected chi connectivity index (χ1v) is 9.48. The van der Waals surface area contributed by atoms with E-state index in [1.807, 2.05) is 4.90 Å². The quantitative estimate of drug-likeness (QED) is 0.794.